The van der Waals surface area contributed by atoms with Crippen LogP contribution in [-0.2, 0) is 21.8 Å². The summed E-state index contributed by atoms with van der Waals surface area (Å²) in [6, 6.07) is 6.87. The van der Waals surface area contributed by atoms with E-state index in [-0.39, 0.29) is 11.2 Å². The highest BCUT2D eigenvalue weighted by atomic mass is 32.2. The normalized spacial score (nSPS) is 11.8. The van der Waals surface area contributed by atoms with Crippen LogP contribution in [0.15, 0.2) is 35.3 Å². The van der Waals surface area contributed by atoms with E-state index in [1.165, 1.54) is 16.5 Å². The molecule has 9 heteroatoms. The lowest BCUT2D eigenvalue weighted by atomic mass is 10.0. The second kappa shape index (κ2) is 7.90. The maximum absolute atomic E-state index is 12.6. The van der Waals surface area contributed by atoms with Crippen LogP contribution in [0.25, 0.3) is 11.1 Å². The minimum atomic E-state index is -3.44. The molecule has 0 atom stereocenters. The number of carbonyl (C=O) groups is 1. The van der Waals surface area contributed by atoms with Crippen molar-refractivity contribution < 1.29 is 17.9 Å². The van der Waals surface area contributed by atoms with Crippen LogP contribution < -0.4 is 15.2 Å². The van der Waals surface area contributed by atoms with Gasteiger partial charge < -0.3 is 9.30 Å². The third-order valence-corrected chi connectivity index (χ3v) is 4.65. The van der Waals surface area contributed by atoms with Crippen molar-refractivity contribution in [3.63, 3.8) is 0 Å². The first-order chi connectivity index (χ1) is 13.2. The van der Waals surface area contributed by atoms with Crippen LogP contribution in [0.3, 0.4) is 0 Å². The Kier molecular flexibility index (Phi) is 6.13. The van der Waals surface area contributed by atoms with Gasteiger partial charge in [0, 0.05) is 25.9 Å². The van der Waals surface area contributed by atoms with Gasteiger partial charge in [0.1, 0.15) is 11.3 Å². The van der Waals surface area contributed by atoms with Crippen molar-refractivity contribution >= 4 is 27.5 Å². The van der Waals surface area contributed by atoms with Gasteiger partial charge in [-0.1, -0.05) is 12.1 Å². The van der Waals surface area contributed by atoms with Gasteiger partial charge in [0.25, 0.3) is 5.56 Å². The van der Waals surface area contributed by atoms with Crippen LogP contribution in [0, 0.1) is 6.92 Å². The predicted molar refractivity (Wildman–Crippen MR) is 115 cm³/mol. The number of hydrogen-bond donors (Lipinski definition) is 1. The van der Waals surface area contributed by atoms with Gasteiger partial charge in [-0.2, -0.15) is 0 Å². The molecule has 0 radical (unpaired) electrons. The molecule has 0 saturated carbocycles. The number of pyridine rings is 1. The van der Waals surface area contributed by atoms with Crippen LogP contribution in [0.5, 0.6) is 0 Å². The molecule has 0 bridgehead atoms. The van der Waals surface area contributed by atoms with Crippen LogP contribution in [0.1, 0.15) is 26.3 Å². The summed E-state index contributed by atoms with van der Waals surface area (Å²) >= 11 is 0. The largest absolute Gasteiger partial charge is 0.443 e. The van der Waals surface area contributed by atoms with Crippen molar-refractivity contribution in [2.24, 2.45) is 7.05 Å². The summed E-state index contributed by atoms with van der Waals surface area (Å²) in [6.07, 6.45) is 2.07. The zero-order valence-corrected chi connectivity index (χ0v) is 18.5. The second-order valence-electron chi connectivity index (χ2n) is 7.97. The molecule has 1 amide bonds. The van der Waals surface area contributed by atoms with Crippen molar-refractivity contribution in [2.75, 3.05) is 22.9 Å². The molecular formula is C20H27N3O5S. The van der Waals surface area contributed by atoms with E-state index in [2.05, 4.69) is 4.72 Å². The number of hydrogen-bond acceptors (Lipinski definition) is 5. The Morgan fingerprint density at radius 1 is 1.17 bits per heavy atom. The summed E-state index contributed by atoms with van der Waals surface area (Å²) < 4.78 is 32.4. The molecule has 8 nitrogen and oxygen atoms in total. The van der Waals surface area contributed by atoms with Gasteiger partial charge in [0.2, 0.25) is 10.0 Å². The fourth-order valence-electron chi connectivity index (χ4n) is 2.63. The maximum Gasteiger partial charge on any atom is 0.414 e. The van der Waals surface area contributed by atoms with Gasteiger partial charge in [-0.15, -0.1) is 0 Å². The van der Waals surface area contributed by atoms with Crippen molar-refractivity contribution in [2.45, 2.75) is 33.3 Å². The molecule has 1 N–H and O–H groups in total. The van der Waals surface area contributed by atoms with Crippen molar-refractivity contribution in [1.82, 2.24) is 4.57 Å². The van der Waals surface area contributed by atoms with Crippen molar-refractivity contribution in [1.29, 1.82) is 0 Å². The highest BCUT2D eigenvalue weighted by Gasteiger charge is 2.23. The summed E-state index contributed by atoms with van der Waals surface area (Å²) in [5.41, 5.74) is 1.64. The van der Waals surface area contributed by atoms with E-state index in [9.17, 15) is 18.0 Å². The van der Waals surface area contributed by atoms with E-state index in [1.807, 2.05) is 6.07 Å². The van der Waals surface area contributed by atoms with Crippen LogP contribution >= 0.6 is 0 Å². The Balaban J connectivity index is 2.53. The van der Waals surface area contributed by atoms with Gasteiger partial charge in [0.15, 0.2) is 0 Å². The first kappa shape index (κ1) is 22.5. The van der Waals surface area contributed by atoms with Crippen molar-refractivity contribution in [3.05, 3.63) is 46.4 Å². The molecule has 1 heterocycles. The third kappa shape index (κ3) is 5.83. The lowest BCUT2D eigenvalue weighted by Crippen LogP contribution is -2.37. The van der Waals surface area contributed by atoms with Gasteiger partial charge in [-0.05, 0) is 51.0 Å². The number of benzene rings is 1. The highest BCUT2D eigenvalue weighted by molar-refractivity contribution is 7.92. The Labute approximate surface area is 171 Å². The average molecular weight is 422 g/mol. The first-order valence-electron chi connectivity index (χ1n) is 8.94. The molecule has 1 aromatic heterocycles. The van der Waals surface area contributed by atoms with Crippen LogP contribution in [-0.4, -0.2) is 38.0 Å². The fourth-order valence-corrected chi connectivity index (χ4v) is 3.25. The molecule has 0 spiro atoms. The monoisotopic (exact) mass is 421 g/mol. The van der Waals surface area contributed by atoms with E-state index < -0.39 is 21.7 Å². The zero-order valence-electron chi connectivity index (χ0n) is 17.7. The standard InChI is InChI=1S/C20H27N3O5S/c1-13-8-9-14(10-16(13)21-29(7,26)27)15-11-17(18(24)22(5)12-15)23(6)19(25)28-20(2,3)4/h8-12,21H,1-7H3. The topological polar surface area (TPSA) is 97.7 Å². The molecule has 2 aromatic rings. The Hall–Kier alpha value is -2.81. The summed E-state index contributed by atoms with van der Waals surface area (Å²) in [4.78, 5) is 26.2. The molecule has 0 aliphatic carbocycles. The summed E-state index contributed by atoms with van der Waals surface area (Å²) in [7, 11) is -0.380. The second-order valence-corrected chi connectivity index (χ2v) is 9.72. The molecule has 29 heavy (non-hydrogen) atoms. The predicted octanol–water partition coefficient (Wildman–Crippen LogP) is 3.10. The quantitative estimate of drug-likeness (QED) is 0.818. The number of carbonyl (C=O) groups excluding carboxylic acids is 1. The van der Waals surface area contributed by atoms with Gasteiger partial charge in [-0.25, -0.2) is 13.2 Å². The molecule has 0 unspecified atom stereocenters. The first-order valence-corrected chi connectivity index (χ1v) is 10.8. The third-order valence-electron chi connectivity index (χ3n) is 4.06. The average Bonchev–Trinajstić information content (AvgIpc) is 2.55. The molecule has 2 rings (SSSR count). The fraction of sp³-hybridized carbons (Fsp3) is 0.400. The minimum absolute atomic E-state index is 0.150. The summed E-state index contributed by atoms with van der Waals surface area (Å²) in [5, 5.41) is 0. The van der Waals surface area contributed by atoms with E-state index >= 15 is 0 Å². The Bertz CT molecular complexity index is 1100. The number of nitrogens with one attached hydrogen (secondary N) is 1. The minimum Gasteiger partial charge on any atom is -0.443 e. The number of aromatic nitrogens is 1. The molecule has 0 aliphatic heterocycles. The molecule has 1 aromatic carbocycles. The van der Waals surface area contributed by atoms with Gasteiger partial charge in [-0.3, -0.25) is 14.4 Å². The van der Waals surface area contributed by atoms with E-state index in [1.54, 1.807) is 59.1 Å². The number of nitrogens with zero attached hydrogens (tertiary/aromatic N) is 2. The van der Waals surface area contributed by atoms with Gasteiger partial charge >= 0.3 is 6.09 Å². The summed E-state index contributed by atoms with van der Waals surface area (Å²) in [6.45, 7) is 7.03. The number of rotatable bonds is 4. The van der Waals surface area contributed by atoms with E-state index in [4.69, 9.17) is 4.74 Å². The lowest BCUT2D eigenvalue weighted by Gasteiger charge is -2.25. The number of aryl methyl sites for hydroxylation is 2. The van der Waals surface area contributed by atoms with Crippen LogP contribution in [0.2, 0.25) is 0 Å². The number of anilines is 2. The maximum atomic E-state index is 12.6. The van der Waals surface area contributed by atoms with Crippen LogP contribution in [0.4, 0.5) is 16.2 Å². The molecule has 0 saturated heterocycles. The Morgan fingerprint density at radius 3 is 2.34 bits per heavy atom. The smallest absolute Gasteiger partial charge is 0.414 e. The SMILES string of the molecule is Cc1ccc(-c2cc(N(C)C(=O)OC(C)(C)C)c(=O)n(C)c2)cc1NS(C)(=O)=O. The molecule has 0 fully saturated rings. The Morgan fingerprint density at radius 2 is 1.79 bits per heavy atom. The van der Waals surface area contributed by atoms with E-state index in [0.717, 1.165) is 11.8 Å². The highest BCUT2D eigenvalue weighted by Crippen LogP contribution is 2.27. The number of amides is 1. The summed E-state index contributed by atoms with van der Waals surface area (Å²) in [5.74, 6) is 0. The zero-order chi connectivity index (χ0) is 22.1. The lowest BCUT2D eigenvalue weighted by molar-refractivity contribution is 0.0589. The number of ether oxygens (including phenoxy) is 1. The number of sulfonamides is 1. The van der Waals surface area contributed by atoms with Crippen molar-refractivity contribution in [3.8, 4) is 11.1 Å². The molecule has 0 aliphatic rings. The van der Waals surface area contributed by atoms with Gasteiger partial charge in [0.05, 0.1) is 11.9 Å². The molecule has 158 valence electrons. The van der Waals surface area contributed by atoms with E-state index in [0.29, 0.717) is 16.8 Å². The molecular weight excluding hydrogens is 394 g/mol.